The number of halogens is 2. The number of rotatable bonds is 7. The Balaban J connectivity index is 0.00000196. The fourth-order valence-electron chi connectivity index (χ4n) is 0.969. The van der Waals surface area contributed by atoms with Crippen molar-refractivity contribution in [3.63, 3.8) is 0 Å². The van der Waals surface area contributed by atoms with Crippen molar-refractivity contribution in [1.82, 2.24) is 5.32 Å². The number of aliphatic hydroxyl groups excluding tert-OH is 1. The Morgan fingerprint density at radius 1 is 1.47 bits per heavy atom. The van der Waals surface area contributed by atoms with E-state index in [1.165, 1.54) is 4.88 Å². The van der Waals surface area contributed by atoms with Gasteiger partial charge < -0.3 is 15.2 Å². The first-order valence-electron chi connectivity index (χ1n) is 4.45. The topological polar surface area (TPSA) is 41.5 Å². The Kier molecular flexibility index (Phi) is 9.79. The number of nitrogens with one attached hydrogen (secondary N) is 1. The summed E-state index contributed by atoms with van der Waals surface area (Å²) in [5.74, 6) is 0. The van der Waals surface area contributed by atoms with E-state index in [0.717, 1.165) is 17.6 Å². The van der Waals surface area contributed by atoms with Crippen LogP contribution in [0.2, 0.25) is 0 Å². The average molecular weight is 317 g/mol. The Bertz CT molecular complexity index is 260. The van der Waals surface area contributed by atoms with Gasteiger partial charge in [0.15, 0.2) is 0 Å². The van der Waals surface area contributed by atoms with Crippen LogP contribution in [0.3, 0.4) is 0 Å². The molecule has 0 aromatic carbocycles. The monoisotopic (exact) mass is 315 g/mol. The first-order chi connectivity index (χ1) is 6.83. The molecule has 1 aromatic rings. The van der Waals surface area contributed by atoms with E-state index in [2.05, 4.69) is 32.7 Å². The second-order valence-corrected chi connectivity index (χ2v) is 4.66. The second kappa shape index (κ2) is 9.57. The SMILES string of the molecule is Cl.OCCOCCNCc1cc(Br)cs1. The molecule has 88 valence electrons. The molecule has 0 unspecified atom stereocenters. The number of aliphatic hydroxyl groups is 1. The van der Waals surface area contributed by atoms with Gasteiger partial charge in [0, 0.05) is 27.8 Å². The van der Waals surface area contributed by atoms with E-state index < -0.39 is 0 Å². The van der Waals surface area contributed by atoms with Crippen LogP contribution >= 0.6 is 39.7 Å². The van der Waals surface area contributed by atoms with Crippen molar-refractivity contribution >= 4 is 39.7 Å². The molecule has 1 aromatic heterocycles. The highest BCUT2D eigenvalue weighted by Gasteiger charge is 1.96. The maximum atomic E-state index is 8.45. The molecule has 6 heteroatoms. The van der Waals surface area contributed by atoms with Crippen molar-refractivity contribution in [2.24, 2.45) is 0 Å². The predicted molar refractivity (Wildman–Crippen MR) is 68.9 cm³/mol. The fourth-order valence-corrected chi connectivity index (χ4v) is 2.39. The van der Waals surface area contributed by atoms with E-state index in [1.807, 2.05) is 0 Å². The molecule has 0 bridgehead atoms. The van der Waals surface area contributed by atoms with Gasteiger partial charge in [-0.05, 0) is 22.0 Å². The third-order valence-electron chi connectivity index (χ3n) is 1.58. The quantitative estimate of drug-likeness (QED) is 0.756. The van der Waals surface area contributed by atoms with Crippen molar-refractivity contribution < 1.29 is 9.84 Å². The van der Waals surface area contributed by atoms with Crippen LogP contribution in [0, 0.1) is 0 Å². The van der Waals surface area contributed by atoms with E-state index in [1.54, 1.807) is 11.3 Å². The molecule has 2 N–H and O–H groups in total. The van der Waals surface area contributed by atoms with Crippen molar-refractivity contribution in [1.29, 1.82) is 0 Å². The predicted octanol–water partition coefficient (Wildman–Crippen LogP) is 2.03. The van der Waals surface area contributed by atoms with E-state index >= 15 is 0 Å². The zero-order valence-electron chi connectivity index (χ0n) is 8.24. The number of ether oxygens (including phenoxy) is 1. The molecule has 0 amide bonds. The van der Waals surface area contributed by atoms with Crippen LogP contribution in [0.5, 0.6) is 0 Å². The molecule has 0 aliphatic heterocycles. The van der Waals surface area contributed by atoms with E-state index in [-0.39, 0.29) is 19.0 Å². The van der Waals surface area contributed by atoms with Gasteiger partial charge in [0.2, 0.25) is 0 Å². The van der Waals surface area contributed by atoms with Crippen LogP contribution in [0.25, 0.3) is 0 Å². The third kappa shape index (κ3) is 7.27. The first-order valence-corrected chi connectivity index (χ1v) is 6.12. The standard InChI is InChI=1S/C9H14BrNO2S.ClH/c10-8-5-9(14-7-8)6-11-1-3-13-4-2-12;/h5,7,11-12H,1-4,6H2;1H. The van der Waals surface area contributed by atoms with Gasteiger partial charge in [-0.3, -0.25) is 0 Å². The highest BCUT2D eigenvalue weighted by molar-refractivity contribution is 9.10. The summed E-state index contributed by atoms with van der Waals surface area (Å²) in [5, 5.41) is 13.8. The summed E-state index contributed by atoms with van der Waals surface area (Å²) in [4.78, 5) is 1.30. The Hall–Kier alpha value is 0.350. The minimum absolute atomic E-state index is 0. The minimum atomic E-state index is 0. The summed E-state index contributed by atoms with van der Waals surface area (Å²) in [6.07, 6.45) is 0. The lowest BCUT2D eigenvalue weighted by Gasteiger charge is -2.03. The summed E-state index contributed by atoms with van der Waals surface area (Å²) in [7, 11) is 0. The number of thiophene rings is 1. The summed E-state index contributed by atoms with van der Waals surface area (Å²) >= 11 is 5.13. The van der Waals surface area contributed by atoms with Gasteiger partial charge >= 0.3 is 0 Å². The average Bonchev–Trinajstić information content (AvgIpc) is 2.58. The molecule has 0 aliphatic carbocycles. The highest BCUT2D eigenvalue weighted by atomic mass is 79.9. The Labute approximate surface area is 108 Å². The Morgan fingerprint density at radius 3 is 2.87 bits per heavy atom. The molecule has 0 spiro atoms. The van der Waals surface area contributed by atoms with E-state index in [9.17, 15) is 0 Å². The lowest BCUT2D eigenvalue weighted by atomic mass is 10.4. The largest absolute Gasteiger partial charge is 0.394 e. The van der Waals surface area contributed by atoms with Crippen LogP contribution in [0.15, 0.2) is 15.9 Å². The second-order valence-electron chi connectivity index (χ2n) is 2.74. The van der Waals surface area contributed by atoms with Crippen LogP contribution in [0.4, 0.5) is 0 Å². The zero-order chi connectivity index (χ0) is 10.2. The van der Waals surface area contributed by atoms with Gasteiger partial charge in [-0.25, -0.2) is 0 Å². The van der Waals surface area contributed by atoms with Gasteiger partial charge in [-0.1, -0.05) is 0 Å². The zero-order valence-corrected chi connectivity index (χ0v) is 11.5. The lowest BCUT2D eigenvalue weighted by molar-refractivity contribution is 0.0938. The fraction of sp³-hybridized carbons (Fsp3) is 0.556. The maximum absolute atomic E-state index is 8.45. The van der Waals surface area contributed by atoms with Gasteiger partial charge in [0.05, 0.1) is 19.8 Å². The molecular formula is C9H15BrClNO2S. The van der Waals surface area contributed by atoms with Crippen LogP contribution < -0.4 is 5.32 Å². The molecular weight excluding hydrogens is 302 g/mol. The van der Waals surface area contributed by atoms with Gasteiger partial charge in [0.1, 0.15) is 0 Å². The summed E-state index contributed by atoms with van der Waals surface area (Å²) in [6.45, 7) is 2.85. The molecule has 0 fully saturated rings. The third-order valence-corrected chi connectivity index (χ3v) is 3.28. The molecule has 3 nitrogen and oxygen atoms in total. The van der Waals surface area contributed by atoms with Crippen LogP contribution in [-0.2, 0) is 11.3 Å². The van der Waals surface area contributed by atoms with Crippen molar-refractivity contribution in [3.8, 4) is 0 Å². The lowest BCUT2D eigenvalue weighted by Crippen LogP contribution is -2.19. The normalized spacial score (nSPS) is 10.0. The van der Waals surface area contributed by atoms with Gasteiger partial charge in [-0.15, -0.1) is 23.7 Å². The minimum Gasteiger partial charge on any atom is -0.394 e. The smallest absolute Gasteiger partial charge is 0.0698 e. The Morgan fingerprint density at radius 2 is 2.27 bits per heavy atom. The molecule has 1 heterocycles. The molecule has 0 aliphatic rings. The summed E-state index contributed by atoms with van der Waals surface area (Å²) in [6, 6.07) is 2.10. The molecule has 0 saturated heterocycles. The summed E-state index contributed by atoms with van der Waals surface area (Å²) < 4.78 is 6.24. The summed E-state index contributed by atoms with van der Waals surface area (Å²) in [5.41, 5.74) is 0. The first kappa shape index (κ1) is 15.3. The number of hydrogen-bond donors (Lipinski definition) is 2. The highest BCUT2D eigenvalue weighted by Crippen LogP contribution is 2.19. The molecule has 0 radical (unpaired) electrons. The van der Waals surface area contributed by atoms with Crippen molar-refractivity contribution in [2.75, 3.05) is 26.4 Å². The number of hydrogen-bond acceptors (Lipinski definition) is 4. The molecule has 0 saturated carbocycles. The molecule has 15 heavy (non-hydrogen) atoms. The molecule has 1 rings (SSSR count). The van der Waals surface area contributed by atoms with E-state index in [4.69, 9.17) is 9.84 Å². The van der Waals surface area contributed by atoms with Crippen LogP contribution in [0.1, 0.15) is 4.88 Å². The van der Waals surface area contributed by atoms with E-state index in [0.29, 0.717) is 13.2 Å². The maximum Gasteiger partial charge on any atom is 0.0698 e. The van der Waals surface area contributed by atoms with Gasteiger partial charge in [0.25, 0.3) is 0 Å². The molecule has 0 atom stereocenters. The van der Waals surface area contributed by atoms with Crippen molar-refractivity contribution in [3.05, 3.63) is 20.8 Å². The van der Waals surface area contributed by atoms with Crippen molar-refractivity contribution in [2.45, 2.75) is 6.54 Å². The van der Waals surface area contributed by atoms with Crippen LogP contribution in [-0.4, -0.2) is 31.5 Å². The van der Waals surface area contributed by atoms with Gasteiger partial charge in [-0.2, -0.15) is 0 Å².